The fourth-order valence-corrected chi connectivity index (χ4v) is 2.00. The summed E-state index contributed by atoms with van der Waals surface area (Å²) in [6.45, 7) is 0. The van der Waals surface area contributed by atoms with Gasteiger partial charge in [-0.05, 0) is 17.7 Å². The average Bonchev–Trinajstić information content (AvgIpc) is 2.47. The molecule has 0 radical (unpaired) electrons. The molecule has 2 heterocycles. The van der Waals surface area contributed by atoms with Gasteiger partial charge in [-0.25, -0.2) is 9.97 Å². The van der Waals surface area contributed by atoms with Crippen molar-refractivity contribution in [1.82, 2.24) is 15.0 Å². The number of rotatable bonds is 2. The van der Waals surface area contributed by atoms with E-state index in [1.54, 1.807) is 13.3 Å². The lowest BCUT2D eigenvalue weighted by Gasteiger charge is -2.08. The number of aromatic nitrogens is 3. The third-order valence-corrected chi connectivity index (χ3v) is 2.79. The van der Waals surface area contributed by atoms with Crippen LogP contribution >= 0.6 is 0 Å². The Morgan fingerprint density at radius 1 is 1.06 bits per heavy atom. The number of benzene rings is 1. The maximum atomic E-state index is 5.32. The minimum absolute atomic E-state index is 0.583. The Balaban J connectivity index is 2.36. The Labute approximate surface area is 104 Å². The molecule has 0 amide bonds. The SMILES string of the molecule is COc1ncnc2cccc(-c3cccnc3)c12. The second-order valence-electron chi connectivity index (χ2n) is 3.82. The normalized spacial score (nSPS) is 10.5. The van der Waals surface area contributed by atoms with Crippen molar-refractivity contribution in [2.24, 2.45) is 0 Å². The molecule has 0 bridgehead atoms. The number of methoxy groups -OCH3 is 1. The van der Waals surface area contributed by atoms with E-state index in [1.807, 2.05) is 36.5 Å². The summed E-state index contributed by atoms with van der Waals surface area (Å²) >= 11 is 0. The summed E-state index contributed by atoms with van der Waals surface area (Å²) in [5.74, 6) is 0.583. The van der Waals surface area contributed by atoms with Gasteiger partial charge in [-0.15, -0.1) is 0 Å². The second-order valence-corrected chi connectivity index (χ2v) is 3.82. The molecule has 1 aromatic carbocycles. The van der Waals surface area contributed by atoms with Gasteiger partial charge in [0.25, 0.3) is 0 Å². The lowest BCUT2D eigenvalue weighted by Crippen LogP contribution is -1.93. The Hall–Kier alpha value is -2.49. The first-order valence-corrected chi connectivity index (χ1v) is 5.58. The second kappa shape index (κ2) is 4.41. The van der Waals surface area contributed by atoms with Crippen LogP contribution in [0.5, 0.6) is 5.88 Å². The molecule has 4 heteroatoms. The summed E-state index contributed by atoms with van der Waals surface area (Å²) in [4.78, 5) is 12.6. The molecule has 18 heavy (non-hydrogen) atoms. The van der Waals surface area contributed by atoms with Crippen LogP contribution in [-0.2, 0) is 0 Å². The maximum Gasteiger partial charge on any atom is 0.224 e. The summed E-state index contributed by atoms with van der Waals surface area (Å²) in [6, 6.07) is 9.85. The molecule has 0 saturated heterocycles. The fraction of sp³-hybridized carbons (Fsp3) is 0.0714. The molecule has 0 saturated carbocycles. The van der Waals surface area contributed by atoms with Gasteiger partial charge < -0.3 is 4.74 Å². The zero-order valence-corrected chi connectivity index (χ0v) is 9.87. The van der Waals surface area contributed by atoms with Crippen molar-refractivity contribution < 1.29 is 4.74 Å². The van der Waals surface area contributed by atoms with E-state index in [4.69, 9.17) is 4.74 Å². The lowest BCUT2D eigenvalue weighted by atomic mass is 10.0. The standard InChI is InChI=1S/C14H11N3O/c1-18-14-13-11(10-4-3-7-15-8-10)5-2-6-12(13)16-9-17-14/h2-9H,1H3. The van der Waals surface area contributed by atoms with Crippen molar-refractivity contribution >= 4 is 10.9 Å². The first kappa shape index (κ1) is 10.7. The van der Waals surface area contributed by atoms with Gasteiger partial charge in [-0.3, -0.25) is 4.98 Å². The summed E-state index contributed by atoms with van der Waals surface area (Å²) in [7, 11) is 1.61. The van der Waals surface area contributed by atoms with Gasteiger partial charge in [0, 0.05) is 18.0 Å². The van der Waals surface area contributed by atoms with E-state index in [0.29, 0.717) is 5.88 Å². The molecular formula is C14H11N3O. The smallest absolute Gasteiger partial charge is 0.224 e. The number of fused-ring (bicyclic) bond motifs is 1. The minimum atomic E-state index is 0.583. The molecule has 0 atom stereocenters. The molecule has 2 aromatic heterocycles. The summed E-state index contributed by atoms with van der Waals surface area (Å²) in [5.41, 5.74) is 2.91. The predicted molar refractivity (Wildman–Crippen MR) is 69.3 cm³/mol. The highest BCUT2D eigenvalue weighted by Crippen LogP contribution is 2.32. The summed E-state index contributed by atoms with van der Waals surface area (Å²) in [6.07, 6.45) is 5.08. The number of pyridine rings is 1. The van der Waals surface area contributed by atoms with Gasteiger partial charge in [-0.2, -0.15) is 0 Å². The van der Waals surface area contributed by atoms with E-state index >= 15 is 0 Å². The van der Waals surface area contributed by atoms with Gasteiger partial charge in [0.15, 0.2) is 0 Å². The van der Waals surface area contributed by atoms with Crippen LogP contribution < -0.4 is 4.74 Å². The van der Waals surface area contributed by atoms with E-state index < -0.39 is 0 Å². The third kappa shape index (κ3) is 1.68. The highest BCUT2D eigenvalue weighted by molar-refractivity contribution is 5.97. The molecule has 0 fully saturated rings. The van der Waals surface area contributed by atoms with Crippen LogP contribution in [0.4, 0.5) is 0 Å². The van der Waals surface area contributed by atoms with Crippen LogP contribution in [0.1, 0.15) is 0 Å². The molecule has 0 unspecified atom stereocenters. The summed E-state index contributed by atoms with van der Waals surface area (Å²) in [5, 5.41) is 0.913. The minimum Gasteiger partial charge on any atom is -0.480 e. The van der Waals surface area contributed by atoms with Gasteiger partial charge in [-0.1, -0.05) is 18.2 Å². The monoisotopic (exact) mass is 237 g/mol. The molecule has 0 aliphatic heterocycles. The van der Waals surface area contributed by atoms with E-state index in [2.05, 4.69) is 15.0 Å². The number of nitrogens with zero attached hydrogens (tertiary/aromatic N) is 3. The van der Waals surface area contributed by atoms with Crippen LogP contribution in [0.15, 0.2) is 49.1 Å². The van der Waals surface area contributed by atoms with Crippen molar-refractivity contribution in [2.45, 2.75) is 0 Å². The molecule has 0 N–H and O–H groups in total. The van der Waals surface area contributed by atoms with Crippen molar-refractivity contribution in [3.8, 4) is 17.0 Å². The third-order valence-electron chi connectivity index (χ3n) is 2.79. The first-order valence-electron chi connectivity index (χ1n) is 5.58. The van der Waals surface area contributed by atoms with Crippen molar-refractivity contribution in [2.75, 3.05) is 7.11 Å². The predicted octanol–water partition coefficient (Wildman–Crippen LogP) is 2.70. The van der Waals surface area contributed by atoms with Crippen LogP contribution in [0.25, 0.3) is 22.0 Å². The summed E-state index contributed by atoms with van der Waals surface area (Å²) < 4.78 is 5.32. The van der Waals surface area contributed by atoms with Crippen molar-refractivity contribution in [3.63, 3.8) is 0 Å². The van der Waals surface area contributed by atoms with Crippen LogP contribution in [0.3, 0.4) is 0 Å². The molecule has 3 rings (SSSR count). The van der Waals surface area contributed by atoms with Crippen molar-refractivity contribution in [1.29, 1.82) is 0 Å². The molecular weight excluding hydrogens is 226 g/mol. The van der Waals surface area contributed by atoms with E-state index in [9.17, 15) is 0 Å². The number of hydrogen-bond donors (Lipinski definition) is 0. The Morgan fingerprint density at radius 3 is 2.78 bits per heavy atom. The molecule has 88 valence electrons. The zero-order valence-electron chi connectivity index (χ0n) is 9.87. The van der Waals surface area contributed by atoms with E-state index in [1.165, 1.54) is 6.33 Å². The van der Waals surface area contributed by atoms with Crippen molar-refractivity contribution in [3.05, 3.63) is 49.1 Å². The molecule has 0 aliphatic rings. The van der Waals surface area contributed by atoms with Gasteiger partial charge >= 0.3 is 0 Å². The van der Waals surface area contributed by atoms with Gasteiger partial charge in [0.2, 0.25) is 5.88 Å². The quantitative estimate of drug-likeness (QED) is 0.687. The van der Waals surface area contributed by atoms with E-state index in [-0.39, 0.29) is 0 Å². The molecule has 3 aromatic rings. The van der Waals surface area contributed by atoms with Crippen LogP contribution in [0, 0.1) is 0 Å². The number of ether oxygens (including phenoxy) is 1. The largest absolute Gasteiger partial charge is 0.480 e. The van der Waals surface area contributed by atoms with E-state index in [0.717, 1.165) is 22.0 Å². The lowest BCUT2D eigenvalue weighted by molar-refractivity contribution is 0.402. The maximum absolute atomic E-state index is 5.32. The number of hydrogen-bond acceptors (Lipinski definition) is 4. The molecule has 0 spiro atoms. The topological polar surface area (TPSA) is 47.9 Å². The van der Waals surface area contributed by atoms with Crippen LogP contribution in [0.2, 0.25) is 0 Å². The Kier molecular flexibility index (Phi) is 2.61. The highest BCUT2D eigenvalue weighted by atomic mass is 16.5. The highest BCUT2D eigenvalue weighted by Gasteiger charge is 2.10. The average molecular weight is 237 g/mol. The molecule has 0 aliphatic carbocycles. The molecule has 4 nitrogen and oxygen atoms in total. The first-order chi connectivity index (χ1) is 8.90. The van der Waals surface area contributed by atoms with Crippen LogP contribution in [-0.4, -0.2) is 22.1 Å². The Bertz CT molecular complexity index is 678. The van der Waals surface area contributed by atoms with Gasteiger partial charge in [0.05, 0.1) is 18.0 Å². The van der Waals surface area contributed by atoms with Gasteiger partial charge in [0.1, 0.15) is 6.33 Å². The fourth-order valence-electron chi connectivity index (χ4n) is 2.00. The zero-order chi connectivity index (χ0) is 12.4. The Morgan fingerprint density at radius 2 is 2.00 bits per heavy atom.